The molecular weight excluding hydrogens is 216 g/mol. The fourth-order valence-electron chi connectivity index (χ4n) is 1.48. The Balaban J connectivity index is 0.00000112. The maximum atomic E-state index is 11.4. The molecule has 1 aromatic heterocycles. The second kappa shape index (κ2) is 5.00. The Hall–Kier alpha value is -1.26. The second-order valence-electron chi connectivity index (χ2n) is 3.13. The molecule has 1 heterocycles. The van der Waals surface area contributed by atoms with Gasteiger partial charge in [0.15, 0.2) is 5.58 Å². The molecule has 0 fully saturated rings. The van der Waals surface area contributed by atoms with Gasteiger partial charge in [0.1, 0.15) is 0 Å². The summed E-state index contributed by atoms with van der Waals surface area (Å²) in [6, 6.07) is 7.39. The van der Waals surface area contributed by atoms with E-state index in [9.17, 15) is 4.79 Å². The van der Waals surface area contributed by atoms with Gasteiger partial charge in [0.2, 0.25) is 0 Å². The molecule has 0 radical (unpaired) electrons. The van der Waals surface area contributed by atoms with Gasteiger partial charge in [-0.1, -0.05) is 12.1 Å². The van der Waals surface area contributed by atoms with Gasteiger partial charge in [-0.2, -0.15) is 0 Å². The van der Waals surface area contributed by atoms with Crippen molar-refractivity contribution in [2.75, 3.05) is 6.54 Å². The first-order valence-corrected chi connectivity index (χ1v) is 4.61. The first-order valence-electron chi connectivity index (χ1n) is 4.61. The van der Waals surface area contributed by atoms with Crippen molar-refractivity contribution in [1.29, 1.82) is 0 Å². The van der Waals surface area contributed by atoms with Crippen LogP contribution in [0.15, 0.2) is 33.5 Å². The largest absolute Gasteiger partial charge is 0.419 e. The number of fused-ring (bicyclic) bond motifs is 1. The Bertz CT molecular complexity index is 489. The summed E-state index contributed by atoms with van der Waals surface area (Å²) in [5.74, 6) is -0.306. The predicted molar refractivity (Wildman–Crippen MR) is 61.4 cm³/mol. The van der Waals surface area contributed by atoms with E-state index in [1.807, 2.05) is 18.2 Å². The number of aromatic nitrogens is 1. The number of hydrogen-bond donors (Lipinski definition) is 1. The van der Waals surface area contributed by atoms with Gasteiger partial charge in [0, 0.05) is 6.54 Å². The van der Waals surface area contributed by atoms with Crippen LogP contribution in [0.2, 0.25) is 0 Å². The minimum atomic E-state index is -0.306. The van der Waals surface area contributed by atoms with Gasteiger partial charge in [-0.05, 0) is 25.1 Å². The third kappa shape index (κ3) is 2.22. The molecular formula is C10H13ClN2O2. The van der Waals surface area contributed by atoms with Crippen LogP contribution >= 0.6 is 12.4 Å². The molecule has 0 atom stereocenters. The lowest BCUT2D eigenvalue weighted by molar-refractivity contribution is 0.499. The summed E-state index contributed by atoms with van der Waals surface area (Å²) >= 11 is 0. The van der Waals surface area contributed by atoms with Crippen LogP contribution in [0.25, 0.3) is 11.1 Å². The third-order valence-electron chi connectivity index (χ3n) is 2.16. The van der Waals surface area contributed by atoms with Gasteiger partial charge in [-0.15, -0.1) is 12.4 Å². The van der Waals surface area contributed by atoms with E-state index in [2.05, 4.69) is 0 Å². The number of benzene rings is 1. The molecule has 0 aliphatic rings. The summed E-state index contributed by atoms with van der Waals surface area (Å²) in [6.07, 6.45) is 0.781. The first-order chi connectivity index (χ1) is 6.83. The fraction of sp³-hybridized carbons (Fsp3) is 0.300. The summed E-state index contributed by atoms with van der Waals surface area (Å²) < 4.78 is 6.68. The van der Waals surface area contributed by atoms with Gasteiger partial charge >= 0.3 is 5.76 Å². The number of rotatable bonds is 3. The lowest BCUT2D eigenvalue weighted by Crippen LogP contribution is -2.16. The van der Waals surface area contributed by atoms with Gasteiger partial charge in [-0.25, -0.2) is 4.79 Å². The highest BCUT2D eigenvalue weighted by Crippen LogP contribution is 2.11. The first kappa shape index (κ1) is 11.8. The normalized spacial score (nSPS) is 10.2. The minimum Gasteiger partial charge on any atom is -0.408 e. The molecule has 2 aromatic rings. The van der Waals surface area contributed by atoms with E-state index in [1.54, 1.807) is 10.6 Å². The molecule has 0 aliphatic heterocycles. The number of nitrogens with zero attached hydrogens (tertiary/aromatic N) is 1. The molecule has 4 nitrogen and oxygen atoms in total. The number of halogens is 1. The predicted octanol–water partition coefficient (Wildman–Crippen LogP) is 1.37. The van der Waals surface area contributed by atoms with E-state index in [0.717, 1.165) is 11.9 Å². The SMILES string of the molecule is Cl.NCCCn1c(=O)oc2ccccc21. The van der Waals surface area contributed by atoms with Crippen LogP contribution < -0.4 is 11.5 Å². The van der Waals surface area contributed by atoms with E-state index in [4.69, 9.17) is 10.2 Å². The van der Waals surface area contributed by atoms with Gasteiger partial charge < -0.3 is 10.2 Å². The van der Waals surface area contributed by atoms with E-state index in [0.29, 0.717) is 18.7 Å². The van der Waals surface area contributed by atoms with Crippen molar-refractivity contribution in [3.8, 4) is 0 Å². The number of oxazole rings is 1. The number of hydrogen-bond acceptors (Lipinski definition) is 3. The van der Waals surface area contributed by atoms with Crippen LogP contribution in [-0.2, 0) is 6.54 Å². The molecule has 2 rings (SSSR count). The van der Waals surface area contributed by atoms with Gasteiger partial charge in [0.05, 0.1) is 5.52 Å². The Morgan fingerprint density at radius 1 is 1.33 bits per heavy atom. The molecule has 0 unspecified atom stereocenters. The molecule has 2 N–H and O–H groups in total. The zero-order valence-corrected chi connectivity index (χ0v) is 9.00. The zero-order valence-electron chi connectivity index (χ0n) is 8.18. The Kier molecular flexibility index (Phi) is 3.94. The number of nitrogens with two attached hydrogens (primary N) is 1. The highest BCUT2D eigenvalue weighted by Gasteiger charge is 2.06. The van der Waals surface area contributed by atoms with Crippen molar-refractivity contribution < 1.29 is 4.42 Å². The zero-order chi connectivity index (χ0) is 9.97. The van der Waals surface area contributed by atoms with Crippen molar-refractivity contribution in [3.05, 3.63) is 34.8 Å². The Labute approximate surface area is 93.1 Å². The Morgan fingerprint density at radius 3 is 2.80 bits per heavy atom. The number of aryl methyl sites for hydroxylation is 1. The molecule has 0 saturated heterocycles. The van der Waals surface area contributed by atoms with Crippen LogP contribution in [0.4, 0.5) is 0 Å². The van der Waals surface area contributed by atoms with E-state index in [-0.39, 0.29) is 18.2 Å². The van der Waals surface area contributed by atoms with E-state index in [1.165, 1.54) is 0 Å². The van der Waals surface area contributed by atoms with Crippen LogP contribution in [0.3, 0.4) is 0 Å². The van der Waals surface area contributed by atoms with Crippen molar-refractivity contribution in [2.45, 2.75) is 13.0 Å². The molecule has 0 spiro atoms. The third-order valence-corrected chi connectivity index (χ3v) is 2.16. The Morgan fingerprint density at radius 2 is 2.07 bits per heavy atom. The van der Waals surface area contributed by atoms with Crippen molar-refractivity contribution in [1.82, 2.24) is 4.57 Å². The highest BCUT2D eigenvalue weighted by molar-refractivity contribution is 5.85. The van der Waals surface area contributed by atoms with Crippen LogP contribution in [0.5, 0.6) is 0 Å². The van der Waals surface area contributed by atoms with Crippen LogP contribution in [0, 0.1) is 0 Å². The fourth-order valence-corrected chi connectivity index (χ4v) is 1.48. The molecule has 1 aromatic carbocycles. The monoisotopic (exact) mass is 228 g/mol. The summed E-state index contributed by atoms with van der Waals surface area (Å²) in [6.45, 7) is 1.19. The van der Waals surface area contributed by atoms with Crippen molar-refractivity contribution in [2.24, 2.45) is 5.73 Å². The summed E-state index contributed by atoms with van der Waals surface area (Å²) in [5, 5.41) is 0. The molecule has 0 saturated carbocycles. The van der Waals surface area contributed by atoms with E-state index < -0.39 is 0 Å². The average molecular weight is 229 g/mol. The lowest BCUT2D eigenvalue weighted by Gasteiger charge is -1.98. The van der Waals surface area contributed by atoms with Crippen LogP contribution in [-0.4, -0.2) is 11.1 Å². The quantitative estimate of drug-likeness (QED) is 0.863. The maximum absolute atomic E-state index is 11.4. The minimum absolute atomic E-state index is 0. The standard InChI is InChI=1S/C10H12N2O2.ClH/c11-6-3-7-12-8-4-1-2-5-9(8)14-10(12)13;/h1-2,4-5H,3,6-7,11H2;1H. The van der Waals surface area contributed by atoms with Crippen LogP contribution in [0.1, 0.15) is 6.42 Å². The van der Waals surface area contributed by atoms with Crippen molar-refractivity contribution >= 4 is 23.5 Å². The summed E-state index contributed by atoms with van der Waals surface area (Å²) in [7, 11) is 0. The second-order valence-corrected chi connectivity index (χ2v) is 3.13. The maximum Gasteiger partial charge on any atom is 0.419 e. The van der Waals surface area contributed by atoms with E-state index >= 15 is 0 Å². The molecule has 15 heavy (non-hydrogen) atoms. The molecule has 0 aliphatic carbocycles. The lowest BCUT2D eigenvalue weighted by atomic mass is 10.3. The summed E-state index contributed by atoms with van der Waals surface area (Å²) in [5.41, 5.74) is 6.87. The van der Waals surface area contributed by atoms with Gasteiger partial charge in [-0.3, -0.25) is 4.57 Å². The molecule has 82 valence electrons. The van der Waals surface area contributed by atoms with Gasteiger partial charge in [0.25, 0.3) is 0 Å². The number of para-hydroxylation sites is 2. The molecule has 5 heteroatoms. The van der Waals surface area contributed by atoms with Crippen molar-refractivity contribution in [3.63, 3.8) is 0 Å². The summed E-state index contributed by atoms with van der Waals surface area (Å²) in [4.78, 5) is 11.4. The highest BCUT2D eigenvalue weighted by atomic mass is 35.5. The molecule has 0 amide bonds. The smallest absolute Gasteiger partial charge is 0.408 e. The molecule has 0 bridgehead atoms. The topological polar surface area (TPSA) is 61.2 Å². The average Bonchev–Trinajstić information content (AvgIpc) is 2.51.